The molecule has 196 valence electrons. The van der Waals surface area contributed by atoms with E-state index in [-0.39, 0.29) is 0 Å². The highest BCUT2D eigenvalue weighted by atomic mass is 16.5. The Morgan fingerprint density at radius 2 is 1.72 bits per heavy atom. The number of unbranched alkanes of at least 4 members (excludes halogenated alkanes) is 1. The fraction of sp³-hybridized carbons (Fsp3) is 0.464. The quantitative estimate of drug-likeness (QED) is 0.292. The van der Waals surface area contributed by atoms with Crippen molar-refractivity contribution in [1.82, 2.24) is 14.7 Å². The number of benzene rings is 2. The Hall–Kier alpha value is -2.91. The van der Waals surface area contributed by atoms with Gasteiger partial charge in [0.15, 0.2) is 0 Å². The normalized spacial score (nSPS) is 12.2. The van der Waals surface area contributed by atoms with Crippen molar-refractivity contribution in [1.29, 1.82) is 0 Å². The summed E-state index contributed by atoms with van der Waals surface area (Å²) in [5, 5.41) is 15.5. The maximum atomic E-state index is 10.7. The highest BCUT2D eigenvalue weighted by Gasteiger charge is 2.23. The van der Waals surface area contributed by atoms with Crippen LogP contribution >= 0.6 is 0 Å². The number of aromatic nitrogens is 2. The van der Waals surface area contributed by atoms with Gasteiger partial charge in [0.25, 0.3) is 0 Å². The molecule has 8 nitrogen and oxygen atoms in total. The van der Waals surface area contributed by atoms with E-state index in [1.54, 1.807) is 18.9 Å². The maximum absolute atomic E-state index is 10.7. The van der Waals surface area contributed by atoms with E-state index in [4.69, 9.17) is 24.0 Å². The highest BCUT2D eigenvalue weighted by molar-refractivity contribution is 5.65. The third kappa shape index (κ3) is 8.06. The van der Waals surface area contributed by atoms with Crippen LogP contribution in [0.2, 0.25) is 0 Å². The van der Waals surface area contributed by atoms with Gasteiger partial charge in [0, 0.05) is 46.0 Å². The SMILES string of the molecule is CCCCOCC(O)CN(CCOC)Cc1c(-c2ccccc2)nn(C)c1Oc1ccc(OC)cc1. The Balaban J connectivity index is 1.88. The largest absolute Gasteiger partial charge is 0.497 e. The van der Waals surface area contributed by atoms with Gasteiger partial charge in [-0.25, -0.2) is 4.68 Å². The van der Waals surface area contributed by atoms with Gasteiger partial charge in [0.1, 0.15) is 17.2 Å². The first kappa shape index (κ1) is 27.7. The molecule has 2 aromatic carbocycles. The predicted molar refractivity (Wildman–Crippen MR) is 141 cm³/mol. The van der Waals surface area contributed by atoms with Crippen molar-refractivity contribution in [3.05, 3.63) is 60.2 Å². The number of ether oxygens (including phenoxy) is 4. The number of hydrogen-bond acceptors (Lipinski definition) is 7. The first-order chi connectivity index (χ1) is 17.5. The number of aliphatic hydroxyl groups is 1. The van der Waals surface area contributed by atoms with Gasteiger partial charge in [-0.2, -0.15) is 5.10 Å². The van der Waals surface area contributed by atoms with Crippen molar-refractivity contribution in [2.45, 2.75) is 32.4 Å². The summed E-state index contributed by atoms with van der Waals surface area (Å²) in [5.74, 6) is 2.10. The summed E-state index contributed by atoms with van der Waals surface area (Å²) in [6.07, 6.45) is 1.44. The molecule has 1 aromatic heterocycles. The van der Waals surface area contributed by atoms with Crippen LogP contribution in [0.25, 0.3) is 11.3 Å². The average Bonchev–Trinajstić information content (AvgIpc) is 3.20. The first-order valence-electron chi connectivity index (χ1n) is 12.5. The number of hydrogen-bond donors (Lipinski definition) is 1. The lowest BCUT2D eigenvalue weighted by molar-refractivity contribution is 0.0101. The van der Waals surface area contributed by atoms with Crippen LogP contribution in [0, 0.1) is 0 Å². The zero-order valence-corrected chi connectivity index (χ0v) is 21.9. The van der Waals surface area contributed by atoms with Gasteiger partial charge in [-0.05, 0) is 30.7 Å². The van der Waals surface area contributed by atoms with E-state index in [0.717, 1.165) is 35.4 Å². The van der Waals surface area contributed by atoms with E-state index >= 15 is 0 Å². The minimum absolute atomic E-state index is 0.303. The van der Waals surface area contributed by atoms with Gasteiger partial charge in [0.05, 0.1) is 32.0 Å². The average molecular weight is 498 g/mol. The Labute approximate surface area is 214 Å². The molecule has 1 atom stereocenters. The molecule has 0 aliphatic carbocycles. The highest BCUT2D eigenvalue weighted by Crippen LogP contribution is 2.34. The number of nitrogens with zero attached hydrogens (tertiary/aromatic N) is 3. The lowest BCUT2D eigenvalue weighted by Crippen LogP contribution is -2.36. The van der Waals surface area contributed by atoms with Crippen molar-refractivity contribution in [2.24, 2.45) is 7.05 Å². The molecule has 3 aromatic rings. The summed E-state index contributed by atoms with van der Waals surface area (Å²) in [6, 6.07) is 17.5. The monoisotopic (exact) mass is 497 g/mol. The number of aryl methyl sites for hydroxylation is 1. The second kappa shape index (κ2) is 14.6. The van der Waals surface area contributed by atoms with Gasteiger partial charge < -0.3 is 24.1 Å². The number of methoxy groups -OCH3 is 2. The van der Waals surface area contributed by atoms with Crippen molar-refractivity contribution in [3.8, 4) is 28.6 Å². The Kier molecular flexibility index (Phi) is 11.2. The Bertz CT molecular complexity index is 1020. The van der Waals surface area contributed by atoms with E-state index in [1.807, 2.05) is 61.6 Å². The molecule has 0 spiro atoms. The molecule has 8 heteroatoms. The summed E-state index contributed by atoms with van der Waals surface area (Å²) in [5.41, 5.74) is 2.79. The molecule has 0 amide bonds. The summed E-state index contributed by atoms with van der Waals surface area (Å²) in [4.78, 5) is 2.15. The van der Waals surface area contributed by atoms with Gasteiger partial charge in [0.2, 0.25) is 5.88 Å². The van der Waals surface area contributed by atoms with Crippen LogP contribution in [0.5, 0.6) is 17.4 Å². The van der Waals surface area contributed by atoms with Gasteiger partial charge in [-0.3, -0.25) is 4.90 Å². The second-order valence-corrected chi connectivity index (χ2v) is 8.71. The molecule has 3 rings (SSSR count). The molecule has 0 radical (unpaired) electrons. The smallest absolute Gasteiger partial charge is 0.222 e. The lowest BCUT2D eigenvalue weighted by Gasteiger charge is -2.25. The van der Waals surface area contributed by atoms with Crippen LogP contribution in [0.15, 0.2) is 54.6 Å². The van der Waals surface area contributed by atoms with Crippen LogP contribution in [0.1, 0.15) is 25.3 Å². The molecule has 36 heavy (non-hydrogen) atoms. The molecule has 1 N–H and O–H groups in total. The molecule has 0 fully saturated rings. The minimum atomic E-state index is -0.610. The van der Waals surface area contributed by atoms with Crippen molar-refractivity contribution in [2.75, 3.05) is 47.1 Å². The number of aliphatic hydroxyl groups excluding tert-OH is 1. The lowest BCUT2D eigenvalue weighted by atomic mass is 10.1. The fourth-order valence-electron chi connectivity index (χ4n) is 3.90. The molecule has 0 aliphatic rings. The second-order valence-electron chi connectivity index (χ2n) is 8.71. The molecular formula is C28H39N3O5. The molecule has 1 heterocycles. The van der Waals surface area contributed by atoms with Gasteiger partial charge in [-0.1, -0.05) is 43.7 Å². The zero-order valence-electron chi connectivity index (χ0n) is 21.9. The van der Waals surface area contributed by atoms with Crippen molar-refractivity contribution in [3.63, 3.8) is 0 Å². The van der Waals surface area contributed by atoms with Gasteiger partial charge >= 0.3 is 0 Å². The van der Waals surface area contributed by atoms with E-state index < -0.39 is 6.10 Å². The summed E-state index contributed by atoms with van der Waals surface area (Å²) < 4.78 is 24.4. The molecule has 0 aliphatic heterocycles. The van der Waals surface area contributed by atoms with Crippen LogP contribution in [0.3, 0.4) is 0 Å². The third-order valence-corrected chi connectivity index (χ3v) is 5.82. The molecular weight excluding hydrogens is 458 g/mol. The third-order valence-electron chi connectivity index (χ3n) is 5.82. The van der Waals surface area contributed by atoms with Crippen molar-refractivity contribution >= 4 is 0 Å². The van der Waals surface area contributed by atoms with E-state index in [0.29, 0.717) is 51.1 Å². The van der Waals surface area contributed by atoms with Crippen LogP contribution in [-0.2, 0) is 23.1 Å². The molecule has 1 unspecified atom stereocenters. The summed E-state index contributed by atoms with van der Waals surface area (Å²) >= 11 is 0. The topological polar surface area (TPSA) is 78.2 Å². The number of rotatable bonds is 16. The zero-order chi connectivity index (χ0) is 25.8. The minimum Gasteiger partial charge on any atom is -0.497 e. The summed E-state index contributed by atoms with van der Waals surface area (Å²) in [7, 11) is 5.20. The summed E-state index contributed by atoms with van der Waals surface area (Å²) in [6.45, 7) is 5.24. The predicted octanol–water partition coefficient (Wildman–Crippen LogP) is 4.51. The van der Waals surface area contributed by atoms with E-state index in [1.165, 1.54) is 0 Å². The van der Waals surface area contributed by atoms with E-state index in [2.05, 4.69) is 11.8 Å². The standard InChI is InChI=1S/C28H39N3O5/c1-5-6-17-35-21-23(32)19-31(16-18-33-3)20-26-27(22-10-8-7-9-11-22)29-30(2)28(26)36-25-14-12-24(34-4)13-15-25/h7-15,23,32H,5-6,16-21H2,1-4H3. The van der Waals surface area contributed by atoms with E-state index in [9.17, 15) is 5.11 Å². The van der Waals surface area contributed by atoms with Crippen LogP contribution < -0.4 is 9.47 Å². The fourth-order valence-corrected chi connectivity index (χ4v) is 3.90. The maximum Gasteiger partial charge on any atom is 0.222 e. The molecule has 0 saturated heterocycles. The Morgan fingerprint density at radius 3 is 2.39 bits per heavy atom. The molecule has 0 bridgehead atoms. The van der Waals surface area contributed by atoms with Crippen LogP contribution in [-0.4, -0.2) is 73.0 Å². The Morgan fingerprint density at radius 1 is 1.00 bits per heavy atom. The van der Waals surface area contributed by atoms with Crippen molar-refractivity contribution < 1.29 is 24.1 Å². The van der Waals surface area contributed by atoms with Gasteiger partial charge in [-0.15, -0.1) is 0 Å². The molecule has 0 saturated carbocycles. The first-order valence-corrected chi connectivity index (χ1v) is 12.5. The van der Waals surface area contributed by atoms with Crippen LogP contribution in [0.4, 0.5) is 0 Å².